The van der Waals surface area contributed by atoms with E-state index in [0.29, 0.717) is 17.0 Å². The van der Waals surface area contributed by atoms with Crippen LogP contribution < -0.4 is 0 Å². The molecule has 0 aromatic heterocycles. The molecule has 4 nitrogen and oxygen atoms in total. The summed E-state index contributed by atoms with van der Waals surface area (Å²) in [6.07, 6.45) is 2.25. The fourth-order valence-electron chi connectivity index (χ4n) is 3.73. The minimum absolute atomic E-state index is 0.00487. The van der Waals surface area contributed by atoms with E-state index in [-0.39, 0.29) is 22.1 Å². The van der Waals surface area contributed by atoms with Gasteiger partial charge in [0.05, 0.1) is 4.87 Å². The molecule has 1 aromatic rings. The molecule has 1 spiro atoms. The maximum Gasteiger partial charge on any atom is 0.254 e. The van der Waals surface area contributed by atoms with E-state index in [4.69, 9.17) is 11.6 Å². The summed E-state index contributed by atoms with van der Waals surface area (Å²) in [6, 6.07) is 7.11. The largest absolute Gasteiger partial charge is 0.342 e. The highest BCUT2D eigenvalue weighted by molar-refractivity contribution is 8.00. The van der Waals surface area contributed by atoms with Crippen molar-refractivity contribution in [3.05, 3.63) is 34.9 Å². The number of carbonyl (C=O) groups excluding carboxylic acids is 2. The first kappa shape index (κ1) is 19.6. The summed E-state index contributed by atoms with van der Waals surface area (Å²) < 4.78 is 0. The van der Waals surface area contributed by atoms with Crippen LogP contribution in [0.25, 0.3) is 0 Å². The number of hydrogen-bond acceptors (Lipinski definition) is 3. The SMILES string of the molecule is CC(C)(C)CC(=O)N1CCC2(CC1)SCCN2C(=O)c1ccc(Cl)cc1. The number of rotatable bonds is 2. The van der Waals surface area contributed by atoms with E-state index in [0.717, 1.165) is 38.2 Å². The molecule has 2 amide bonds. The van der Waals surface area contributed by atoms with Crippen LogP contribution >= 0.6 is 23.4 Å². The molecule has 1 aromatic carbocycles. The van der Waals surface area contributed by atoms with Crippen molar-refractivity contribution in [2.45, 2.75) is 44.9 Å². The summed E-state index contributed by atoms with van der Waals surface area (Å²) in [5, 5.41) is 0.637. The third-order valence-corrected chi connectivity index (χ3v) is 6.90. The van der Waals surface area contributed by atoms with Crippen molar-refractivity contribution in [2.75, 3.05) is 25.4 Å². The van der Waals surface area contributed by atoms with Gasteiger partial charge >= 0.3 is 0 Å². The van der Waals surface area contributed by atoms with E-state index in [9.17, 15) is 9.59 Å². The number of carbonyl (C=O) groups is 2. The Morgan fingerprint density at radius 1 is 1.12 bits per heavy atom. The molecule has 2 heterocycles. The monoisotopic (exact) mass is 394 g/mol. The Balaban J connectivity index is 1.68. The Labute approximate surface area is 165 Å². The van der Waals surface area contributed by atoms with Gasteiger partial charge in [0.1, 0.15) is 0 Å². The van der Waals surface area contributed by atoms with Crippen LogP contribution in [0, 0.1) is 5.41 Å². The first-order chi connectivity index (χ1) is 12.2. The van der Waals surface area contributed by atoms with E-state index in [1.165, 1.54) is 0 Å². The summed E-state index contributed by atoms with van der Waals surface area (Å²) in [4.78, 5) is 29.4. The average molecular weight is 395 g/mol. The summed E-state index contributed by atoms with van der Waals surface area (Å²) >= 11 is 7.81. The van der Waals surface area contributed by atoms with Crippen molar-refractivity contribution in [1.29, 1.82) is 0 Å². The lowest BCUT2D eigenvalue weighted by Gasteiger charge is -2.44. The Kier molecular flexibility index (Phi) is 5.59. The van der Waals surface area contributed by atoms with Crippen LogP contribution in [0.15, 0.2) is 24.3 Å². The molecule has 2 aliphatic rings. The molecule has 6 heteroatoms. The Hall–Kier alpha value is -1.20. The number of likely N-dealkylation sites (tertiary alicyclic amines) is 1. The van der Waals surface area contributed by atoms with E-state index in [1.54, 1.807) is 24.3 Å². The Morgan fingerprint density at radius 2 is 1.73 bits per heavy atom. The van der Waals surface area contributed by atoms with Crippen LogP contribution in [-0.2, 0) is 4.79 Å². The van der Waals surface area contributed by atoms with Gasteiger partial charge in [-0.25, -0.2) is 0 Å². The third kappa shape index (κ3) is 4.20. The fourth-order valence-corrected chi connectivity index (χ4v) is 5.31. The van der Waals surface area contributed by atoms with Gasteiger partial charge in [0, 0.05) is 42.4 Å². The highest BCUT2D eigenvalue weighted by atomic mass is 35.5. The van der Waals surface area contributed by atoms with E-state index in [2.05, 4.69) is 20.8 Å². The molecule has 0 saturated carbocycles. The van der Waals surface area contributed by atoms with Gasteiger partial charge in [0.15, 0.2) is 0 Å². The molecule has 0 atom stereocenters. The molecule has 142 valence electrons. The number of thioether (sulfide) groups is 1. The van der Waals surface area contributed by atoms with Gasteiger partial charge in [0.25, 0.3) is 5.91 Å². The Bertz CT molecular complexity index is 676. The summed E-state index contributed by atoms with van der Waals surface area (Å²) in [5.74, 6) is 1.25. The van der Waals surface area contributed by atoms with Gasteiger partial charge in [-0.2, -0.15) is 0 Å². The van der Waals surface area contributed by atoms with Crippen molar-refractivity contribution in [3.8, 4) is 0 Å². The standard InChI is InChI=1S/C20H27ClN2O2S/c1-19(2,3)14-17(24)22-10-8-20(9-11-22)23(12-13-26-20)18(25)15-4-6-16(21)7-5-15/h4-7H,8-14H2,1-3H3. The molecular weight excluding hydrogens is 368 g/mol. The van der Waals surface area contributed by atoms with Gasteiger partial charge in [-0.3, -0.25) is 9.59 Å². The maximum absolute atomic E-state index is 13.0. The van der Waals surface area contributed by atoms with E-state index in [1.807, 2.05) is 21.6 Å². The van der Waals surface area contributed by atoms with Gasteiger partial charge in [0.2, 0.25) is 5.91 Å². The van der Waals surface area contributed by atoms with Gasteiger partial charge < -0.3 is 9.80 Å². The van der Waals surface area contributed by atoms with Crippen molar-refractivity contribution in [1.82, 2.24) is 9.80 Å². The molecule has 0 N–H and O–H groups in total. The first-order valence-electron chi connectivity index (χ1n) is 9.20. The molecule has 3 rings (SSSR count). The summed E-state index contributed by atoms with van der Waals surface area (Å²) in [5.41, 5.74) is 0.688. The minimum Gasteiger partial charge on any atom is -0.342 e. The average Bonchev–Trinajstić information content (AvgIpc) is 2.97. The van der Waals surface area contributed by atoms with Gasteiger partial charge in [-0.1, -0.05) is 32.4 Å². The number of nitrogens with zero attached hydrogens (tertiary/aromatic N) is 2. The molecule has 0 radical (unpaired) electrons. The number of hydrogen-bond donors (Lipinski definition) is 0. The fraction of sp³-hybridized carbons (Fsp3) is 0.600. The Morgan fingerprint density at radius 3 is 2.31 bits per heavy atom. The van der Waals surface area contributed by atoms with E-state index >= 15 is 0 Å². The van der Waals surface area contributed by atoms with Crippen LogP contribution in [0.3, 0.4) is 0 Å². The lowest BCUT2D eigenvalue weighted by molar-refractivity contribution is -0.134. The minimum atomic E-state index is -0.171. The molecule has 0 unspecified atom stereocenters. The zero-order chi connectivity index (χ0) is 18.9. The van der Waals surface area contributed by atoms with E-state index < -0.39 is 0 Å². The molecule has 2 saturated heterocycles. The highest BCUT2D eigenvalue weighted by Crippen LogP contribution is 2.44. The number of amides is 2. The molecule has 2 aliphatic heterocycles. The second-order valence-corrected chi connectivity index (χ2v) is 10.3. The molecule has 26 heavy (non-hydrogen) atoms. The van der Waals surface area contributed by atoms with Crippen LogP contribution in [0.2, 0.25) is 5.02 Å². The molecule has 0 bridgehead atoms. The molecule has 0 aliphatic carbocycles. The predicted octanol–water partition coefficient (Wildman–Crippen LogP) is 4.28. The van der Waals surface area contributed by atoms with Crippen LogP contribution in [-0.4, -0.2) is 51.9 Å². The highest BCUT2D eigenvalue weighted by Gasteiger charge is 2.47. The number of benzene rings is 1. The van der Waals surface area contributed by atoms with Crippen molar-refractivity contribution in [3.63, 3.8) is 0 Å². The second-order valence-electron chi connectivity index (χ2n) is 8.38. The lowest BCUT2D eigenvalue weighted by atomic mass is 9.91. The zero-order valence-corrected chi connectivity index (χ0v) is 17.3. The molecular formula is C20H27ClN2O2S. The van der Waals surface area contributed by atoms with Crippen LogP contribution in [0.5, 0.6) is 0 Å². The van der Waals surface area contributed by atoms with Crippen molar-refractivity contribution in [2.24, 2.45) is 5.41 Å². The number of halogens is 1. The topological polar surface area (TPSA) is 40.6 Å². The predicted molar refractivity (Wildman–Crippen MR) is 108 cm³/mol. The first-order valence-corrected chi connectivity index (χ1v) is 10.6. The van der Waals surface area contributed by atoms with Gasteiger partial charge in [-0.05, 0) is 42.5 Å². The van der Waals surface area contributed by atoms with Gasteiger partial charge in [-0.15, -0.1) is 11.8 Å². The van der Waals surface area contributed by atoms with Crippen LogP contribution in [0.1, 0.15) is 50.4 Å². The summed E-state index contributed by atoms with van der Waals surface area (Å²) in [6.45, 7) is 8.50. The third-order valence-electron chi connectivity index (χ3n) is 5.09. The van der Waals surface area contributed by atoms with Crippen molar-refractivity contribution < 1.29 is 9.59 Å². The summed E-state index contributed by atoms with van der Waals surface area (Å²) in [7, 11) is 0. The molecule has 2 fully saturated rings. The smallest absolute Gasteiger partial charge is 0.254 e. The number of piperidine rings is 1. The maximum atomic E-state index is 13.0. The second kappa shape index (κ2) is 7.43. The van der Waals surface area contributed by atoms with Crippen LogP contribution in [0.4, 0.5) is 0 Å². The lowest BCUT2D eigenvalue weighted by Crippen LogP contribution is -2.53. The zero-order valence-electron chi connectivity index (χ0n) is 15.8. The normalized spacial score (nSPS) is 19.8. The van der Waals surface area contributed by atoms with Crippen molar-refractivity contribution >= 4 is 35.2 Å². The quantitative estimate of drug-likeness (QED) is 0.751.